The Morgan fingerprint density at radius 3 is 2.79 bits per heavy atom. The summed E-state index contributed by atoms with van der Waals surface area (Å²) in [7, 11) is 0. The van der Waals surface area contributed by atoms with Crippen LogP contribution in [-0.2, 0) is 6.54 Å². The number of aromatic nitrogens is 4. The predicted molar refractivity (Wildman–Crippen MR) is 133 cm³/mol. The molecule has 168 valence electrons. The number of benzene rings is 1. The molecule has 1 unspecified atom stereocenters. The predicted octanol–water partition coefficient (Wildman–Crippen LogP) is 4.28. The lowest BCUT2D eigenvalue weighted by Gasteiger charge is -2.15. The standard InChI is InChI=1S/C25H25ClN6O/c1-3-32-23-17(13-29-25(31-23)30-18-8-10-27-14-18)11-21(24(32)33)20-7-6-16(12-22(20)26)19-5-4-9-28-15(19)2/h4-7,9,11-13,18,27H,3,8,10,14H2,1-2H3,(H,29,30,31). The summed E-state index contributed by atoms with van der Waals surface area (Å²) in [6.07, 6.45) is 4.56. The smallest absolute Gasteiger partial charge is 0.260 e. The molecule has 4 aromatic rings. The second-order valence-corrected chi connectivity index (χ2v) is 8.65. The first-order chi connectivity index (χ1) is 16.0. The second kappa shape index (κ2) is 8.92. The third kappa shape index (κ3) is 4.10. The topological polar surface area (TPSA) is 84.7 Å². The van der Waals surface area contributed by atoms with E-state index in [2.05, 4.69) is 25.6 Å². The van der Waals surface area contributed by atoms with Crippen molar-refractivity contribution in [3.05, 3.63) is 69.9 Å². The number of rotatable bonds is 5. The number of nitrogens with zero attached hydrogens (tertiary/aromatic N) is 4. The van der Waals surface area contributed by atoms with Crippen molar-refractivity contribution in [2.45, 2.75) is 32.9 Å². The van der Waals surface area contributed by atoms with Crippen molar-refractivity contribution >= 4 is 28.6 Å². The number of anilines is 1. The van der Waals surface area contributed by atoms with Gasteiger partial charge in [0, 0.05) is 64.3 Å². The Labute approximate surface area is 196 Å². The number of aryl methyl sites for hydroxylation is 2. The number of pyridine rings is 2. The third-order valence-corrected chi connectivity index (χ3v) is 6.43. The van der Waals surface area contributed by atoms with E-state index in [0.717, 1.165) is 41.7 Å². The van der Waals surface area contributed by atoms with E-state index < -0.39 is 0 Å². The first kappa shape index (κ1) is 21.6. The maximum absolute atomic E-state index is 13.4. The summed E-state index contributed by atoms with van der Waals surface area (Å²) >= 11 is 6.69. The molecule has 3 aromatic heterocycles. The van der Waals surface area contributed by atoms with Crippen molar-refractivity contribution in [3.8, 4) is 22.3 Å². The van der Waals surface area contributed by atoms with E-state index in [1.807, 2.05) is 50.2 Å². The Kier molecular flexibility index (Phi) is 5.83. The van der Waals surface area contributed by atoms with Gasteiger partial charge in [-0.2, -0.15) is 4.98 Å². The van der Waals surface area contributed by atoms with Crippen molar-refractivity contribution in [3.63, 3.8) is 0 Å². The van der Waals surface area contributed by atoms with Crippen LogP contribution in [0.5, 0.6) is 0 Å². The van der Waals surface area contributed by atoms with Crippen LogP contribution < -0.4 is 16.2 Å². The normalized spacial score (nSPS) is 15.8. The Bertz CT molecular complexity index is 1390. The molecular formula is C25H25ClN6O. The minimum absolute atomic E-state index is 0.121. The van der Waals surface area contributed by atoms with E-state index in [4.69, 9.17) is 11.6 Å². The molecule has 1 atom stereocenters. The lowest BCUT2D eigenvalue weighted by atomic mass is 9.99. The van der Waals surface area contributed by atoms with Gasteiger partial charge in [0.1, 0.15) is 5.65 Å². The van der Waals surface area contributed by atoms with E-state index in [1.54, 1.807) is 17.0 Å². The average molecular weight is 461 g/mol. The molecule has 1 aliphatic heterocycles. The minimum Gasteiger partial charge on any atom is -0.350 e. The van der Waals surface area contributed by atoms with Gasteiger partial charge in [0.05, 0.1) is 0 Å². The van der Waals surface area contributed by atoms with Crippen molar-refractivity contribution in [1.29, 1.82) is 0 Å². The molecular weight excluding hydrogens is 436 g/mol. The van der Waals surface area contributed by atoms with Gasteiger partial charge in [-0.05, 0) is 50.6 Å². The second-order valence-electron chi connectivity index (χ2n) is 8.25. The lowest BCUT2D eigenvalue weighted by molar-refractivity contribution is 0.745. The molecule has 7 nitrogen and oxygen atoms in total. The van der Waals surface area contributed by atoms with E-state index in [9.17, 15) is 4.79 Å². The van der Waals surface area contributed by atoms with Crippen molar-refractivity contribution in [2.24, 2.45) is 0 Å². The lowest BCUT2D eigenvalue weighted by Crippen LogP contribution is -2.25. The fourth-order valence-corrected chi connectivity index (χ4v) is 4.65. The summed E-state index contributed by atoms with van der Waals surface area (Å²) in [5, 5.41) is 7.99. The quantitative estimate of drug-likeness (QED) is 0.462. The van der Waals surface area contributed by atoms with Gasteiger partial charge < -0.3 is 10.6 Å². The van der Waals surface area contributed by atoms with Crippen LogP contribution in [0.15, 0.2) is 53.6 Å². The zero-order valence-corrected chi connectivity index (χ0v) is 19.4. The SMILES string of the molecule is CCn1c(=O)c(-c2ccc(-c3cccnc3C)cc2Cl)cc2cnc(NC3CCNC3)nc21. The highest BCUT2D eigenvalue weighted by Crippen LogP contribution is 2.32. The van der Waals surface area contributed by atoms with Crippen LogP contribution in [0.4, 0.5) is 5.95 Å². The molecule has 4 heterocycles. The van der Waals surface area contributed by atoms with Gasteiger partial charge in [0.25, 0.3) is 5.56 Å². The highest BCUT2D eigenvalue weighted by molar-refractivity contribution is 6.33. The summed E-state index contributed by atoms with van der Waals surface area (Å²) in [6.45, 7) is 6.26. The number of fused-ring (bicyclic) bond motifs is 1. The number of hydrogen-bond donors (Lipinski definition) is 2. The zero-order chi connectivity index (χ0) is 22.9. The van der Waals surface area contributed by atoms with Crippen molar-refractivity contribution in [2.75, 3.05) is 18.4 Å². The fourth-order valence-electron chi connectivity index (χ4n) is 4.37. The monoisotopic (exact) mass is 460 g/mol. The fraction of sp³-hybridized carbons (Fsp3) is 0.280. The van der Waals surface area contributed by atoms with Gasteiger partial charge in [0.2, 0.25) is 5.95 Å². The number of nitrogens with one attached hydrogen (secondary N) is 2. The largest absolute Gasteiger partial charge is 0.350 e. The van der Waals surface area contributed by atoms with Crippen LogP contribution in [0.25, 0.3) is 33.3 Å². The highest BCUT2D eigenvalue weighted by atomic mass is 35.5. The molecule has 0 radical (unpaired) electrons. The molecule has 1 fully saturated rings. The van der Waals surface area contributed by atoms with Crippen LogP contribution in [0, 0.1) is 6.92 Å². The maximum atomic E-state index is 13.4. The zero-order valence-electron chi connectivity index (χ0n) is 18.6. The van der Waals surface area contributed by atoms with Gasteiger partial charge in [-0.15, -0.1) is 0 Å². The molecule has 33 heavy (non-hydrogen) atoms. The van der Waals surface area contributed by atoms with E-state index in [1.165, 1.54) is 0 Å². The summed E-state index contributed by atoms with van der Waals surface area (Å²) in [5.41, 5.74) is 4.63. The first-order valence-electron chi connectivity index (χ1n) is 11.1. The molecule has 0 amide bonds. The van der Waals surface area contributed by atoms with Crippen LogP contribution in [0.1, 0.15) is 19.0 Å². The van der Waals surface area contributed by atoms with Crippen molar-refractivity contribution in [1.82, 2.24) is 24.8 Å². The van der Waals surface area contributed by atoms with Gasteiger partial charge in [-0.1, -0.05) is 29.8 Å². The summed E-state index contributed by atoms with van der Waals surface area (Å²) < 4.78 is 1.68. The van der Waals surface area contributed by atoms with Crippen LogP contribution in [-0.4, -0.2) is 38.7 Å². The van der Waals surface area contributed by atoms with Crippen molar-refractivity contribution < 1.29 is 0 Å². The molecule has 0 spiro atoms. The molecule has 0 saturated carbocycles. The molecule has 1 saturated heterocycles. The van der Waals surface area contributed by atoms with E-state index in [-0.39, 0.29) is 5.56 Å². The Morgan fingerprint density at radius 2 is 2.06 bits per heavy atom. The first-order valence-corrected chi connectivity index (χ1v) is 11.5. The maximum Gasteiger partial charge on any atom is 0.260 e. The Hall–Kier alpha value is -3.29. The Balaban J connectivity index is 1.57. The molecule has 5 rings (SSSR count). The molecule has 2 N–H and O–H groups in total. The molecule has 1 aliphatic rings. The number of hydrogen-bond acceptors (Lipinski definition) is 6. The molecule has 0 bridgehead atoms. The summed E-state index contributed by atoms with van der Waals surface area (Å²) in [5.74, 6) is 0.541. The number of halogens is 1. The van der Waals surface area contributed by atoms with E-state index >= 15 is 0 Å². The van der Waals surface area contributed by atoms with Crippen LogP contribution in [0.3, 0.4) is 0 Å². The Morgan fingerprint density at radius 1 is 1.18 bits per heavy atom. The summed E-state index contributed by atoms with van der Waals surface area (Å²) in [4.78, 5) is 26.9. The van der Waals surface area contributed by atoms with Gasteiger partial charge >= 0.3 is 0 Å². The average Bonchev–Trinajstić information content (AvgIpc) is 3.32. The van der Waals surface area contributed by atoms with Crippen LogP contribution in [0.2, 0.25) is 5.02 Å². The van der Waals surface area contributed by atoms with Gasteiger partial charge in [-0.3, -0.25) is 14.3 Å². The summed E-state index contributed by atoms with van der Waals surface area (Å²) in [6, 6.07) is 11.8. The minimum atomic E-state index is -0.121. The van der Waals surface area contributed by atoms with Gasteiger partial charge in [0.15, 0.2) is 0 Å². The molecule has 8 heteroatoms. The van der Waals surface area contributed by atoms with Gasteiger partial charge in [-0.25, -0.2) is 4.98 Å². The highest BCUT2D eigenvalue weighted by Gasteiger charge is 2.18. The molecule has 0 aliphatic carbocycles. The van der Waals surface area contributed by atoms with Crippen LogP contribution >= 0.6 is 11.6 Å². The third-order valence-electron chi connectivity index (χ3n) is 6.11. The van der Waals surface area contributed by atoms with E-state index in [0.29, 0.717) is 40.3 Å². The molecule has 1 aromatic carbocycles.